The van der Waals surface area contributed by atoms with Gasteiger partial charge in [0, 0.05) is 29.2 Å². The minimum atomic E-state index is -4.85. The maximum atomic E-state index is 13.1. The molecule has 2 aromatic carbocycles. The lowest BCUT2D eigenvalue weighted by atomic mass is 10.2. The van der Waals surface area contributed by atoms with Gasteiger partial charge in [-0.2, -0.15) is 8.42 Å². The number of nitro benzene ring substituents is 2. The summed E-state index contributed by atoms with van der Waals surface area (Å²) in [7, 11) is -9.38. The Morgan fingerprint density at radius 3 is 2.45 bits per heavy atom. The Hall–Kier alpha value is -4.14. The van der Waals surface area contributed by atoms with E-state index in [1.165, 1.54) is 24.3 Å². The molecule has 1 amide bonds. The third-order valence-corrected chi connectivity index (χ3v) is 9.73. The summed E-state index contributed by atoms with van der Waals surface area (Å²) in [4.78, 5) is 37.4. The van der Waals surface area contributed by atoms with Crippen molar-refractivity contribution in [3.05, 3.63) is 67.3 Å². The van der Waals surface area contributed by atoms with E-state index in [9.17, 15) is 47.0 Å². The topological polar surface area (TPSA) is 232 Å². The van der Waals surface area contributed by atoms with Crippen molar-refractivity contribution < 1.29 is 36.6 Å². The Balaban J connectivity index is 1.46. The van der Waals surface area contributed by atoms with Crippen LogP contribution in [0.15, 0.2) is 56.4 Å². The Bertz CT molecular complexity index is 1880. The number of amides is 1. The number of nitro groups is 2. The number of non-ortho nitro benzene ring substituents is 2. The number of aliphatic hydroxyl groups excluding tert-OH is 1. The van der Waals surface area contributed by atoms with Crippen molar-refractivity contribution >= 4 is 86.6 Å². The maximum Gasteiger partial charge on any atom is 0.293 e. The van der Waals surface area contributed by atoms with Gasteiger partial charge in [0.25, 0.3) is 27.3 Å². The molecule has 0 radical (unpaired) electrons. The fraction of sp³-hybridized carbons (Fsp3) is 0.0556. The molecule has 3 heterocycles. The normalized spacial score (nSPS) is 17.5. The van der Waals surface area contributed by atoms with Crippen LogP contribution in [-0.2, 0) is 24.8 Å². The number of thiazole rings is 1. The summed E-state index contributed by atoms with van der Waals surface area (Å²) in [6.07, 6.45) is 0. The van der Waals surface area contributed by atoms with E-state index in [2.05, 4.69) is 9.38 Å². The lowest BCUT2D eigenvalue weighted by Crippen LogP contribution is -2.41. The highest BCUT2D eigenvalue weighted by Crippen LogP contribution is 2.45. The molecule has 1 aromatic heterocycles. The van der Waals surface area contributed by atoms with Crippen LogP contribution in [0.1, 0.15) is 0 Å². The number of rotatable bonds is 6. The number of sulfonamides is 2. The van der Waals surface area contributed by atoms with Crippen LogP contribution in [0, 0.1) is 20.2 Å². The molecule has 5 rings (SSSR count). The smallest absolute Gasteiger partial charge is 0.293 e. The lowest BCUT2D eigenvalue weighted by Gasteiger charge is -2.22. The van der Waals surface area contributed by atoms with Gasteiger partial charge < -0.3 is 5.11 Å². The van der Waals surface area contributed by atoms with Crippen LogP contribution in [-0.4, -0.2) is 53.6 Å². The number of benzene rings is 2. The van der Waals surface area contributed by atoms with Crippen molar-refractivity contribution in [2.45, 2.75) is 4.90 Å². The number of nitrogens with one attached hydrogen (secondary N) is 1. The summed E-state index contributed by atoms with van der Waals surface area (Å²) in [5.41, 5.74) is -0.241. The highest BCUT2D eigenvalue weighted by atomic mass is 32.2. The molecule has 0 fully saturated rings. The predicted octanol–water partition coefficient (Wildman–Crippen LogP) is 2.46. The number of carbonyl (C=O) groups excluding carboxylic acids is 1. The summed E-state index contributed by atoms with van der Waals surface area (Å²) < 4.78 is 56.6. The minimum absolute atomic E-state index is 0.0640. The summed E-state index contributed by atoms with van der Waals surface area (Å²) in [5.74, 6) is -3.96. The van der Waals surface area contributed by atoms with E-state index in [0.717, 1.165) is 28.4 Å². The van der Waals surface area contributed by atoms with Gasteiger partial charge in [-0.15, -0.1) is 4.40 Å². The Labute approximate surface area is 219 Å². The molecule has 0 bridgehead atoms. The number of fused-ring (bicyclic) bond motifs is 4. The van der Waals surface area contributed by atoms with Crippen molar-refractivity contribution in [1.29, 1.82) is 0 Å². The fourth-order valence-corrected chi connectivity index (χ4v) is 8.20. The number of thioether (sulfide) groups is 1. The van der Waals surface area contributed by atoms with Crippen LogP contribution >= 0.6 is 23.1 Å². The zero-order valence-corrected chi connectivity index (χ0v) is 21.4. The highest BCUT2D eigenvalue weighted by molar-refractivity contribution is 8.16. The van der Waals surface area contributed by atoms with Crippen LogP contribution in [0.2, 0.25) is 0 Å². The van der Waals surface area contributed by atoms with Gasteiger partial charge in [0.1, 0.15) is 11.5 Å². The Kier molecular flexibility index (Phi) is 5.85. The first-order chi connectivity index (χ1) is 17.8. The molecular weight excluding hydrogens is 588 g/mol. The molecule has 16 nitrogen and oxygen atoms in total. The number of hydrogen-bond acceptors (Lipinski definition) is 13. The van der Waals surface area contributed by atoms with Gasteiger partial charge in [-0.25, -0.2) is 13.4 Å². The van der Waals surface area contributed by atoms with E-state index in [0.29, 0.717) is 11.8 Å². The molecule has 3 aromatic rings. The van der Waals surface area contributed by atoms with E-state index in [1.807, 2.05) is 4.72 Å². The van der Waals surface area contributed by atoms with E-state index < -0.39 is 52.2 Å². The summed E-state index contributed by atoms with van der Waals surface area (Å²) in [6, 6.07) is 7.08. The Morgan fingerprint density at radius 2 is 1.76 bits per heavy atom. The van der Waals surface area contributed by atoms with Crippen LogP contribution in [0.25, 0.3) is 10.2 Å². The van der Waals surface area contributed by atoms with E-state index in [1.54, 1.807) is 0 Å². The largest absolute Gasteiger partial charge is 0.509 e. The molecule has 2 N–H and O–H groups in total. The zero-order chi connectivity index (χ0) is 27.6. The monoisotopic (exact) mass is 598 g/mol. The van der Waals surface area contributed by atoms with Crippen molar-refractivity contribution in [2.75, 3.05) is 15.4 Å². The van der Waals surface area contributed by atoms with Gasteiger partial charge in [-0.1, -0.05) is 11.3 Å². The zero-order valence-electron chi connectivity index (χ0n) is 18.2. The van der Waals surface area contributed by atoms with E-state index >= 15 is 0 Å². The van der Waals surface area contributed by atoms with Crippen LogP contribution in [0.3, 0.4) is 0 Å². The second-order valence-corrected chi connectivity index (χ2v) is 12.9. The van der Waals surface area contributed by atoms with Crippen molar-refractivity contribution in [3.8, 4) is 0 Å². The Morgan fingerprint density at radius 1 is 1.11 bits per heavy atom. The van der Waals surface area contributed by atoms with Gasteiger partial charge in [0.05, 0.1) is 25.8 Å². The number of hydrogen-bond donors (Lipinski definition) is 2. The lowest BCUT2D eigenvalue weighted by molar-refractivity contribution is -0.385. The van der Waals surface area contributed by atoms with Crippen LogP contribution in [0.5, 0.6) is 0 Å². The molecule has 0 atom stereocenters. The molecule has 196 valence electrons. The number of nitrogens with zero attached hydrogens (tertiary/aromatic N) is 5. The number of anilines is 2. The SMILES string of the molecule is O=C1/C(=C(/O)CS(=O)(=O)Nc2nc3ccc([N+](=O)[O-])cc3s2)S(=O)(=O)N=C2Sc3cc([N+](=O)[O-])ccc3N12. The first-order valence-electron chi connectivity index (χ1n) is 9.89. The molecule has 0 saturated heterocycles. The fourth-order valence-electron chi connectivity index (χ4n) is 3.50. The van der Waals surface area contributed by atoms with Gasteiger partial charge in [0.15, 0.2) is 15.2 Å². The molecule has 0 spiro atoms. The number of aliphatic hydroxyl groups is 1. The van der Waals surface area contributed by atoms with Gasteiger partial charge >= 0.3 is 0 Å². The molecule has 0 aliphatic carbocycles. The molecule has 38 heavy (non-hydrogen) atoms. The average molecular weight is 599 g/mol. The molecule has 20 heteroatoms. The second kappa shape index (κ2) is 8.72. The molecule has 0 unspecified atom stereocenters. The summed E-state index contributed by atoms with van der Waals surface area (Å²) in [6.45, 7) is 0. The summed E-state index contributed by atoms with van der Waals surface area (Å²) in [5, 5.41) is 31.9. The van der Waals surface area contributed by atoms with Crippen molar-refractivity contribution in [3.63, 3.8) is 0 Å². The van der Waals surface area contributed by atoms with E-state index in [4.69, 9.17) is 0 Å². The van der Waals surface area contributed by atoms with Crippen molar-refractivity contribution in [2.24, 2.45) is 4.40 Å². The number of carbonyl (C=O) groups is 1. The van der Waals surface area contributed by atoms with Crippen LogP contribution < -0.4 is 9.62 Å². The second-order valence-electron chi connectivity index (χ2n) is 7.57. The molecule has 0 saturated carbocycles. The molecular formula is C18H10N6O10S4. The van der Waals surface area contributed by atoms with E-state index in [-0.39, 0.29) is 42.5 Å². The van der Waals surface area contributed by atoms with Gasteiger partial charge in [-0.3, -0.25) is 34.6 Å². The standard InChI is InChI=1S/C18H10N6O10S4/c25-12(7-37(31,32)20-17-19-10-3-1-8(23(27)28)5-13(10)35-17)15-16(26)22-11-4-2-9(24(29)30)6-14(11)36-18(22)21-38(15,33)34/h1-6,25H,7H2,(H,19,20)/b15-12-. The first kappa shape index (κ1) is 25.5. The predicted molar refractivity (Wildman–Crippen MR) is 136 cm³/mol. The van der Waals surface area contributed by atoms with Crippen LogP contribution in [0.4, 0.5) is 22.2 Å². The highest BCUT2D eigenvalue weighted by Gasteiger charge is 2.45. The number of aromatic nitrogens is 1. The summed E-state index contributed by atoms with van der Waals surface area (Å²) >= 11 is 1.44. The quantitative estimate of drug-likeness (QED) is 0.180. The third kappa shape index (κ3) is 4.42. The minimum Gasteiger partial charge on any atom is -0.509 e. The van der Waals surface area contributed by atoms with Gasteiger partial charge in [-0.05, 0) is 23.9 Å². The molecule has 2 aliphatic rings. The average Bonchev–Trinajstić information content (AvgIpc) is 3.35. The number of amidine groups is 1. The van der Waals surface area contributed by atoms with Crippen molar-refractivity contribution in [1.82, 2.24) is 4.98 Å². The molecule has 2 aliphatic heterocycles. The maximum absolute atomic E-state index is 13.1. The third-order valence-electron chi connectivity index (χ3n) is 5.06. The van der Waals surface area contributed by atoms with Gasteiger partial charge in [0.2, 0.25) is 10.0 Å². The first-order valence-corrected chi connectivity index (χ1v) is 14.6.